The Morgan fingerprint density at radius 2 is 2.05 bits per heavy atom. The van der Waals surface area contributed by atoms with E-state index in [0.717, 1.165) is 12.2 Å². The average Bonchev–Trinajstić information content (AvgIpc) is 2.34. The van der Waals surface area contributed by atoms with Gasteiger partial charge in [0.25, 0.3) is 0 Å². The van der Waals surface area contributed by atoms with Crippen LogP contribution in [-0.4, -0.2) is 33.5 Å². The summed E-state index contributed by atoms with van der Waals surface area (Å²) in [5, 5.41) is 5.15. The molecule has 108 valence electrons. The molecular weight excluding hydrogens is 282 g/mol. The Morgan fingerprint density at radius 3 is 2.58 bits per heavy atom. The van der Waals surface area contributed by atoms with Crippen LogP contribution in [-0.2, 0) is 10.0 Å². The number of anilines is 2. The quantitative estimate of drug-likeness (QED) is 0.777. The van der Waals surface area contributed by atoms with Gasteiger partial charge in [0.2, 0.25) is 10.0 Å². The van der Waals surface area contributed by atoms with Gasteiger partial charge in [-0.1, -0.05) is 6.07 Å². The molecule has 1 atom stereocenters. The number of para-hydroxylation sites is 1. The molecule has 1 aromatic carbocycles. The van der Waals surface area contributed by atoms with Crippen molar-refractivity contribution in [2.45, 2.75) is 24.3 Å². The molecule has 0 amide bonds. The van der Waals surface area contributed by atoms with Gasteiger partial charge in [0.05, 0.1) is 11.4 Å². The van der Waals surface area contributed by atoms with E-state index in [-0.39, 0.29) is 16.6 Å². The highest BCUT2D eigenvalue weighted by Gasteiger charge is 2.18. The van der Waals surface area contributed by atoms with E-state index < -0.39 is 10.0 Å². The number of nitrogen functional groups attached to an aromatic ring is 1. The zero-order valence-corrected chi connectivity index (χ0v) is 13.1. The smallest absolute Gasteiger partial charge is 0.240 e. The Kier molecular flexibility index (Phi) is 5.51. The molecule has 7 heteroatoms. The topological polar surface area (TPSA) is 89.4 Å². The van der Waals surface area contributed by atoms with Crippen molar-refractivity contribution in [1.29, 1.82) is 0 Å². The normalized spacial score (nSPS) is 13.3. The van der Waals surface area contributed by atoms with Crippen LogP contribution < -0.4 is 15.8 Å². The lowest BCUT2D eigenvalue weighted by Crippen LogP contribution is -2.30. The van der Waals surface area contributed by atoms with Crippen LogP contribution in [0.5, 0.6) is 0 Å². The molecule has 0 heterocycles. The van der Waals surface area contributed by atoms with Crippen LogP contribution in [0.1, 0.15) is 13.3 Å². The van der Waals surface area contributed by atoms with Gasteiger partial charge in [-0.15, -0.1) is 0 Å². The molecule has 4 N–H and O–H groups in total. The third-order valence-electron chi connectivity index (χ3n) is 3.13. The minimum absolute atomic E-state index is 0.0195. The van der Waals surface area contributed by atoms with Gasteiger partial charge >= 0.3 is 0 Å². The summed E-state index contributed by atoms with van der Waals surface area (Å²) < 4.78 is 22.9. The predicted molar refractivity (Wildman–Crippen MR) is 83.1 cm³/mol. The predicted octanol–water partition coefficient (Wildman–Crippen LogP) is 1.49. The Bertz CT molecular complexity index is 532. The Balaban J connectivity index is 3.08. The highest BCUT2D eigenvalue weighted by Crippen LogP contribution is 2.30. The largest absolute Gasteiger partial charge is 0.396 e. The molecule has 5 nitrogen and oxygen atoms in total. The summed E-state index contributed by atoms with van der Waals surface area (Å²) in [7, 11) is -1.88. The number of primary sulfonamides is 1. The summed E-state index contributed by atoms with van der Waals surface area (Å²) in [5.41, 5.74) is 6.84. The molecule has 0 saturated carbocycles. The highest BCUT2D eigenvalue weighted by molar-refractivity contribution is 7.98. The van der Waals surface area contributed by atoms with Crippen LogP contribution in [0.3, 0.4) is 0 Å². The molecule has 0 fully saturated rings. The van der Waals surface area contributed by atoms with E-state index in [9.17, 15) is 8.42 Å². The number of hydrogen-bond acceptors (Lipinski definition) is 5. The first-order valence-corrected chi connectivity index (χ1v) is 8.86. The molecule has 0 bridgehead atoms. The van der Waals surface area contributed by atoms with Gasteiger partial charge in [0, 0.05) is 13.1 Å². The Hall–Kier alpha value is -0.920. The monoisotopic (exact) mass is 303 g/mol. The van der Waals surface area contributed by atoms with Crippen molar-refractivity contribution < 1.29 is 8.42 Å². The third-order valence-corrected chi connectivity index (χ3v) is 4.74. The van der Waals surface area contributed by atoms with Crippen LogP contribution in [0.25, 0.3) is 0 Å². The third kappa shape index (κ3) is 4.02. The highest BCUT2D eigenvalue weighted by atomic mass is 32.2. The maximum Gasteiger partial charge on any atom is 0.240 e. The summed E-state index contributed by atoms with van der Waals surface area (Å²) >= 11 is 1.78. The maximum atomic E-state index is 11.4. The first-order chi connectivity index (χ1) is 8.79. The summed E-state index contributed by atoms with van der Waals surface area (Å²) in [6.07, 6.45) is 3.05. The lowest BCUT2D eigenvalue weighted by molar-refractivity contribution is 0.598. The molecule has 0 aliphatic rings. The molecule has 19 heavy (non-hydrogen) atoms. The second-order valence-corrected chi connectivity index (χ2v) is 6.99. The van der Waals surface area contributed by atoms with Gasteiger partial charge in [-0.25, -0.2) is 13.6 Å². The molecule has 1 aromatic rings. The minimum atomic E-state index is -3.79. The van der Waals surface area contributed by atoms with Gasteiger partial charge in [-0.3, -0.25) is 0 Å². The SMILES string of the molecule is CSCCC(C)N(C)c1cccc(S(N)(=O)=O)c1N. The van der Waals surface area contributed by atoms with Crippen LogP contribution in [0.2, 0.25) is 0 Å². The second kappa shape index (κ2) is 6.49. The maximum absolute atomic E-state index is 11.4. The molecule has 0 saturated heterocycles. The number of nitrogens with zero attached hydrogens (tertiary/aromatic N) is 1. The average molecular weight is 303 g/mol. The number of hydrogen-bond donors (Lipinski definition) is 2. The van der Waals surface area contributed by atoms with Crippen molar-refractivity contribution in [1.82, 2.24) is 0 Å². The Morgan fingerprint density at radius 1 is 1.42 bits per heavy atom. The molecule has 0 aliphatic carbocycles. The zero-order chi connectivity index (χ0) is 14.6. The van der Waals surface area contributed by atoms with Crippen LogP contribution >= 0.6 is 11.8 Å². The lowest BCUT2D eigenvalue weighted by Gasteiger charge is -2.28. The number of nitrogens with two attached hydrogens (primary N) is 2. The van der Waals surface area contributed by atoms with Crippen LogP contribution in [0, 0.1) is 0 Å². The van der Waals surface area contributed by atoms with Crippen molar-refractivity contribution in [3.8, 4) is 0 Å². The fourth-order valence-electron chi connectivity index (χ4n) is 1.81. The minimum Gasteiger partial charge on any atom is -0.396 e. The standard InChI is InChI=1S/C12H21N3O2S2/c1-9(7-8-18-3)15(2)10-5-4-6-11(12(10)13)19(14,16)17/h4-6,9H,7-8,13H2,1-3H3,(H2,14,16,17). The van der Waals surface area contributed by atoms with Gasteiger partial charge < -0.3 is 10.6 Å². The molecule has 0 radical (unpaired) electrons. The number of benzene rings is 1. The molecule has 1 rings (SSSR count). The van der Waals surface area contributed by atoms with E-state index in [4.69, 9.17) is 10.9 Å². The first-order valence-electron chi connectivity index (χ1n) is 5.92. The van der Waals surface area contributed by atoms with Gasteiger partial charge in [-0.2, -0.15) is 11.8 Å². The molecule has 1 unspecified atom stereocenters. The molecular formula is C12H21N3O2S2. The van der Waals surface area contributed by atoms with E-state index in [2.05, 4.69) is 13.2 Å². The van der Waals surface area contributed by atoms with Gasteiger partial charge in [-0.05, 0) is 37.5 Å². The fraction of sp³-hybridized carbons (Fsp3) is 0.500. The lowest BCUT2D eigenvalue weighted by atomic mass is 10.2. The van der Waals surface area contributed by atoms with E-state index in [1.807, 2.05) is 11.9 Å². The van der Waals surface area contributed by atoms with Crippen LogP contribution in [0.15, 0.2) is 23.1 Å². The van der Waals surface area contributed by atoms with Gasteiger partial charge in [0.1, 0.15) is 4.90 Å². The number of thioether (sulfide) groups is 1. The van der Waals surface area contributed by atoms with Crippen molar-refractivity contribution in [2.24, 2.45) is 5.14 Å². The summed E-state index contributed by atoms with van der Waals surface area (Å²) in [4.78, 5) is 1.97. The fourth-order valence-corrected chi connectivity index (χ4v) is 3.06. The molecule has 0 aliphatic heterocycles. The van der Waals surface area contributed by atoms with Crippen LogP contribution in [0.4, 0.5) is 11.4 Å². The van der Waals surface area contributed by atoms with Crippen molar-refractivity contribution in [3.05, 3.63) is 18.2 Å². The number of rotatable bonds is 6. The summed E-state index contributed by atoms with van der Waals surface area (Å²) in [6.45, 7) is 2.08. The first kappa shape index (κ1) is 16.1. The second-order valence-electron chi connectivity index (χ2n) is 4.48. The van der Waals surface area contributed by atoms with E-state index in [1.165, 1.54) is 6.07 Å². The van der Waals surface area contributed by atoms with Crippen molar-refractivity contribution in [3.63, 3.8) is 0 Å². The van der Waals surface area contributed by atoms with Crippen molar-refractivity contribution in [2.75, 3.05) is 29.7 Å². The van der Waals surface area contributed by atoms with Gasteiger partial charge in [0.15, 0.2) is 0 Å². The zero-order valence-electron chi connectivity index (χ0n) is 11.5. The van der Waals surface area contributed by atoms with Crippen molar-refractivity contribution >= 4 is 33.2 Å². The van der Waals surface area contributed by atoms with E-state index in [1.54, 1.807) is 23.9 Å². The Labute approximate surface area is 119 Å². The molecule has 0 aromatic heterocycles. The summed E-state index contributed by atoms with van der Waals surface area (Å²) in [5.74, 6) is 1.04. The number of sulfonamides is 1. The van der Waals surface area contributed by atoms with E-state index >= 15 is 0 Å². The van der Waals surface area contributed by atoms with E-state index in [0.29, 0.717) is 5.69 Å². The molecule has 0 spiro atoms. The summed E-state index contributed by atoms with van der Waals surface area (Å²) in [6, 6.07) is 5.16.